The highest BCUT2D eigenvalue weighted by Crippen LogP contribution is 2.30. The van der Waals surface area contributed by atoms with Gasteiger partial charge in [-0.15, -0.1) is 0 Å². The van der Waals surface area contributed by atoms with Gasteiger partial charge in [-0.25, -0.2) is 13.6 Å². The third kappa shape index (κ3) is 4.35. The van der Waals surface area contributed by atoms with Crippen LogP contribution in [0.1, 0.15) is 28.9 Å². The molecule has 1 atom stereocenters. The Bertz CT molecular complexity index is 695. The van der Waals surface area contributed by atoms with Gasteiger partial charge < -0.3 is 10.4 Å². The number of alkyl halides is 2. The topological polar surface area (TPSA) is 84.2 Å². The van der Waals surface area contributed by atoms with Gasteiger partial charge in [-0.3, -0.25) is 9.48 Å². The summed E-state index contributed by atoms with van der Waals surface area (Å²) in [6, 6.07) is 6.41. The fourth-order valence-electron chi connectivity index (χ4n) is 2.06. The summed E-state index contributed by atoms with van der Waals surface area (Å²) < 4.78 is 28.6. The number of benzene rings is 1. The van der Waals surface area contributed by atoms with E-state index in [-0.39, 0.29) is 17.7 Å². The van der Waals surface area contributed by atoms with Crippen LogP contribution in [0, 0.1) is 0 Å². The van der Waals surface area contributed by atoms with Crippen molar-refractivity contribution in [1.29, 1.82) is 0 Å². The molecular weight excluding hydrogens is 308 g/mol. The van der Waals surface area contributed by atoms with Crippen molar-refractivity contribution in [3.05, 3.63) is 53.9 Å². The Morgan fingerprint density at radius 1 is 1.35 bits per heavy atom. The molecule has 0 fully saturated rings. The minimum atomic E-state index is -3.16. The number of carbonyl (C=O) groups excluding carboxylic acids is 1. The molecule has 0 saturated heterocycles. The van der Waals surface area contributed by atoms with Gasteiger partial charge in [0.05, 0.1) is 11.8 Å². The maximum absolute atomic E-state index is 13.8. The van der Waals surface area contributed by atoms with Crippen molar-refractivity contribution in [3.8, 4) is 0 Å². The Labute approximate surface area is 130 Å². The third-order valence-corrected chi connectivity index (χ3v) is 3.13. The molecule has 0 saturated carbocycles. The van der Waals surface area contributed by atoms with Crippen LogP contribution in [-0.2, 0) is 11.3 Å². The van der Waals surface area contributed by atoms with Gasteiger partial charge in [0.1, 0.15) is 12.6 Å². The summed E-state index contributed by atoms with van der Waals surface area (Å²) in [6.07, 6.45) is 2.24. The number of carboxylic acids is 1. The first kappa shape index (κ1) is 16.6. The summed E-state index contributed by atoms with van der Waals surface area (Å²) in [5.41, 5.74) is 0.193. The molecule has 122 valence electrons. The Morgan fingerprint density at radius 3 is 2.52 bits per heavy atom. The fraction of sp³-hybridized carbons (Fsp3) is 0.267. The zero-order valence-corrected chi connectivity index (χ0v) is 12.2. The number of halogens is 2. The van der Waals surface area contributed by atoms with Gasteiger partial charge in [-0.05, 0) is 5.56 Å². The SMILES string of the molecule is CC(F)(F)C(NC(=O)Cn1cc(C(=O)O)cn1)c1ccccc1. The van der Waals surface area contributed by atoms with Crippen LogP contribution in [0.2, 0.25) is 0 Å². The molecule has 2 rings (SSSR count). The normalized spacial score (nSPS) is 12.7. The molecular formula is C15H15F2N3O3. The molecule has 1 aromatic heterocycles. The maximum atomic E-state index is 13.8. The average Bonchev–Trinajstić information content (AvgIpc) is 2.93. The van der Waals surface area contributed by atoms with Crippen LogP contribution < -0.4 is 5.32 Å². The van der Waals surface area contributed by atoms with Crippen molar-refractivity contribution < 1.29 is 23.5 Å². The van der Waals surface area contributed by atoms with E-state index >= 15 is 0 Å². The maximum Gasteiger partial charge on any atom is 0.338 e. The minimum absolute atomic E-state index is 0.0850. The number of rotatable bonds is 6. The molecule has 0 aliphatic heterocycles. The number of carbonyl (C=O) groups is 2. The van der Waals surface area contributed by atoms with E-state index in [0.717, 1.165) is 24.0 Å². The highest BCUT2D eigenvalue weighted by atomic mass is 19.3. The van der Waals surface area contributed by atoms with Gasteiger partial charge in [0.15, 0.2) is 0 Å². The second-order valence-electron chi connectivity index (χ2n) is 5.10. The van der Waals surface area contributed by atoms with E-state index in [4.69, 9.17) is 5.11 Å². The Hall–Kier alpha value is -2.77. The lowest BCUT2D eigenvalue weighted by Crippen LogP contribution is -2.40. The lowest BCUT2D eigenvalue weighted by Gasteiger charge is -2.25. The minimum Gasteiger partial charge on any atom is -0.478 e. The van der Waals surface area contributed by atoms with Crippen LogP contribution in [0.3, 0.4) is 0 Å². The van der Waals surface area contributed by atoms with E-state index in [1.165, 1.54) is 12.1 Å². The number of aromatic carboxylic acids is 1. The van der Waals surface area contributed by atoms with E-state index in [1.54, 1.807) is 18.2 Å². The summed E-state index contributed by atoms with van der Waals surface area (Å²) in [6.45, 7) is 0.369. The van der Waals surface area contributed by atoms with Crippen LogP contribution in [-0.4, -0.2) is 32.7 Å². The summed E-state index contributed by atoms with van der Waals surface area (Å²) in [5, 5.41) is 14.8. The van der Waals surface area contributed by atoms with Gasteiger partial charge in [0.2, 0.25) is 5.91 Å². The van der Waals surface area contributed by atoms with Gasteiger partial charge in [0, 0.05) is 13.1 Å². The van der Waals surface area contributed by atoms with Crippen molar-refractivity contribution in [2.75, 3.05) is 0 Å². The number of amides is 1. The second kappa shape index (κ2) is 6.55. The number of hydrogen-bond acceptors (Lipinski definition) is 3. The second-order valence-corrected chi connectivity index (χ2v) is 5.10. The molecule has 1 unspecified atom stereocenters. The predicted octanol–water partition coefficient (Wildman–Crippen LogP) is 2.09. The lowest BCUT2D eigenvalue weighted by atomic mass is 10.0. The first-order valence-corrected chi connectivity index (χ1v) is 6.75. The molecule has 1 heterocycles. The summed E-state index contributed by atoms with van der Waals surface area (Å²) >= 11 is 0. The van der Waals surface area contributed by atoms with Crippen molar-refractivity contribution in [1.82, 2.24) is 15.1 Å². The number of aromatic nitrogens is 2. The van der Waals surface area contributed by atoms with Gasteiger partial charge in [0.25, 0.3) is 5.92 Å². The monoisotopic (exact) mass is 323 g/mol. The first-order valence-electron chi connectivity index (χ1n) is 6.75. The zero-order valence-electron chi connectivity index (χ0n) is 12.2. The van der Waals surface area contributed by atoms with Crippen LogP contribution in [0.5, 0.6) is 0 Å². The van der Waals surface area contributed by atoms with Gasteiger partial charge in [-0.2, -0.15) is 5.10 Å². The summed E-state index contributed by atoms with van der Waals surface area (Å²) in [7, 11) is 0. The predicted molar refractivity (Wildman–Crippen MR) is 77.1 cm³/mol. The molecule has 0 aliphatic rings. The quantitative estimate of drug-likeness (QED) is 0.852. The molecule has 2 N–H and O–H groups in total. The van der Waals surface area contributed by atoms with E-state index in [1.807, 2.05) is 0 Å². The average molecular weight is 323 g/mol. The van der Waals surface area contributed by atoms with E-state index in [0.29, 0.717) is 0 Å². The standard InChI is InChI=1S/C15H15F2N3O3/c1-15(16,17)13(10-5-3-2-4-6-10)19-12(21)9-20-8-11(7-18-20)14(22)23/h2-8,13H,9H2,1H3,(H,19,21)(H,22,23). The highest BCUT2D eigenvalue weighted by molar-refractivity contribution is 5.87. The van der Waals surface area contributed by atoms with E-state index in [2.05, 4.69) is 10.4 Å². The van der Waals surface area contributed by atoms with E-state index in [9.17, 15) is 18.4 Å². The molecule has 6 nitrogen and oxygen atoms in total. The molecule has 23 heavy (non-hydrogen) atoms. The molecule has 0 spiro atoms. The van der Waals surface area contributed by atoms with Crippen LogP contribution in [0.25, 0.3) is 0 Å². The third-order valence-electron chi connectivity index (χ3n) is 3.13. The van der Waals surface area contributed by atoms with Gasteiger partial charge in [-0.1, -0.05) is 30.3 Å². The van der Waals surface area contributed by atoms with Crippen LogP contribution >= 0.6 is 0 Å². The van der Waals surface area contributed by atoms with Gasteiger partial charge >= 0.3 is 5.97 Å². The number of carboxylic acid groups (broad SMARTS) is 1. The first-order chi connectivity index (χ1) is 10.8. The number of nitrogens with zero attached hydrogens (tertiary/aromatic N) is 2. The molecule has 1 amide bonds. The van der Waals surface area contributed by atoms with Crippen LogP contribution in [0.15, 0.2) is 42.7 Å². The molecule has 8 heteroatoms. The lowest BCUT2D eigenvalue weighted by molar-refractivity contribution is -0.126. The largest absolute Gasteiger partial charge is 0.478 e. The molecule has 2 aromatic rings. The summed E-state index contributed by atoms with van der Waals surface area (Å²) in [5.74, 6) is -5.03. The van der Waals surface area contributed by atoms with Crippen LogP contribution in [0.4, 0.5) is 8.78 Å². The fourth-order valence-corrected chi connectivity index (χ4v) is 2.06. The number of nitrogens with one attached hydrogen (secondary N) is 1. The Morgan fingerprint density at radius 2 is 2.00 bits per heavy atom. The Balaban J connectivity index is 2.10. The Kier molecular flexibility index (Phi) is 4.73. The number of hydrogen-bond donors (Lipinski definition) is 2. The van der Waals surface area contributed by atoms with Crippen molar-refractivity contribution in [2.24, 2.45) is 0 Å². The zero-order chi connectivity index (χ0) is 17.0. The summed E-state index contributed by atoms with van der Waals surface area (Å²) in [4.78, 5) is 22.7. The van der Waals surface area contributed by atoms with Crippen molar-refractivity contribution in [2.45, 2.75) is 25.4 Å². The molecule has 0 aliphatic carbocycles. The molecule has 0 bridgehead atoms. The highest BCUT2D eigenvalue weighted by Gasteiger charge is 2.36. The van der Waals surface area contributed by atoms with E-state index < -0.39 is 23.8 Å². The smallest absolute Gasteiger partial charge is 0.338 e. The molecule has 1 aromatic carbocycles. The van der Waals surface area contributed by atoms with Crippen molar-refractivity contribution >= 4 is 11.9 Å². The molecule has 0 radical (unpaired) electrons. The van der Waals surface area contributed by atoms with Crippen molar-refractivity contribution in [3.63, 3.8) is 0 Å².